The van der Waals surface area contributed by atoms with Crippen LogP contribution in [0.4, 0.5) is 8.78 Å². The first-order valence-electron chi connectivity index (χ1n) is 6.82. The van der Waals surface area contributed by atoms with Crippen molar-refractivity contribution in [1.82, 2.24) is 5.32 Å². The number of benzene rings is 1. The second-order valence-electron chi connectivity index (χ2n) is 5.23. The van der Waals surface area contributed by atoms with E-state index in [0.29, 0.717) is 11.5 Å². The fourth-order valence-corrected chi connectivity index (χ4v) is 3.10. The first-order chi connectivity index (χ1) is 8.72. The average molecular weight is 253 g/mol. The van der Waals surface area contributed by atoms with Crippen LogP contribution in [-0.4, -0.2) is 13.6 Å². The highest BCUT2D eigenvalue weighted by Gasteiger charge is 2.27. The van der Waals surface area contributed by atoms with Crippen LogP contribution in [0.25, 0.3) is 0 Å². The Hall–Kier alpha value is -0.960. The summed E-state index contributed by atoms with van der Waals surface area (Å²) in [7, 11) is 1.92. The average Bonchev–Trinajstić information content (AvgIpc) is 2.58. The third kappa shape index (κ3) is 3.08. The zero-order valence-corrected chi connectivity index (χ0v) is 10.9. The highest BCUT2D eigenvalue weighted by molar-refractivity contribution is 5.24. The molecule has 0 bridgehead atoms. The van der Waals surface area contributed by atoms with Crippen molar-refractivity contribution in [3.8, 4) is 0 Å². The molecule has 1 aromatic rings. The molecule has 0 aliphatic heterocycles. The van der Waals surface area contributed by atoms with Crippen LogP contribution in [0.15, 0.2) is 18.2 Å². The molecule has 2 atom stereocenters. The molecule has 1 saturated carbocycles. The summed E-state index contributed by atoms with van der Waals surface area (Å²) in [4.78, 5) is 0. The van der Waals surface area contributed by atoms with Gasteiger partial charge in [-0.3, -0.25) is 0 Å². The molecule has 1 aliphatic carbocycles. The lowest BCUT2D eigenvalue weighted by Crippen LogP contribution is -2.24. The van der Waals surface area contributed by atoms with Crippen molar-refractivity contribution in [2.24, 2.45) is 5.92 Å². The number of rotatable bonds is 3. The Kier molecular flexibility index (Phi) is 4.70. The van der Waals surface area contributed by atoms with E-state index in [4.69, 9.17) is 0 Å². The van der Waals surface area contributed by atoms with Gasteiger partial charge >= 0.3 is 0 Å². The molecule has 2 unspecified atom stereocenters. The Balaban J connectivity index is 2.28. The first kappa shape index (κ1) is 13.5. The zero-order chi connectivity index (χ0) is 13.0. The maximum atomic E-state index is 13.9. The van der Waals surface area contributed by atoms with Crippen molar-refractivity contribution < 1.29 is 8.78 Å². The van der Waals surface area contributed by atoms with Gasteiger partial charge in [-0.2, -0.15) is 0 Å². The van der Waals surface area contributed by atoms with Gasteiger partial charge in [0.15, 0.2) is 0 Å². The smallest absolute Gasteiger partial charge is 0.126 e. The van der Waals surface area contributed by atoms with Crippen molar-refractivity contribution in [3.05, 3.63) is 35.4 Å². The predicted octanol–water partition coefficient (Wildman–Crippen LogP) is 3.85. The summed E-state index contributed by atoms with van der Waals surface area (Å²) in [5.41, 5.74) is 0.567. The molecule has 0 amide bonds. The van der Waals surface area contributed by atoms with E-state index in [1.165, 1.54) is 31.0 Å². The normalized spacial score (nSPS) is 24.8. The monoisotopic (exact) mass is 253 g/mol. The van der Waals surface area contributed by atoms with Crippen molar-refractivity contribution in [2.75, 3.05) is 13.6 Å². The molecule has 0 aromatic heterocycles. The summed E-state index contributed by atoms with van der Waals surface area (Å²) in [6.07, 6.45) is 5.57. The molecule has 100 valence electrons. The van der Waals surface area contributed by atoms with Crippen LogP contribution >= 0.6 is 0 Å². The van der Waals surface area contributed by atoms with E-state index >= 15 is 0 Å². The summed E-state index contributed by atoms with van der Waals surface area (Å²) < 4.78 is 27.2. The van der Waals surface area contributed by atoms with Gasteiger partial charge in [-0.05, 0) is 62.0 Å². The summed E-state index contributed by atoms with van der Waals surface area (Å²) in [5, 5.41) is 3.18. The minimum absolute atomic E-state index is 0.149. The fourth-order valence-electron chi connectivity index (χ4n) is 3.10. The standard InChI is InChI=1S/C15H21F2N/c1-18-10-11-5-3-2-4-6-13(11)14-9-12(16)7-8-15(14)17/h7-9,11,13,18H,2-6,10H2,1H3. The maximum Gasteiger partial charge on any atom is 0.126 e. The molecule has 0 radical (unpaired) electrons. The third-order valence-electron chi connectivity index (χ3n) is 3.98. The molecule has 2 rings (SSSR count). The Bertz CT molecular complexity index is 392. The fraction of sp³-hybridized carbons (Fsp3) is 0.600. The van der Waals surface area contributed by atoms with Crippen LogP contribution in [0.1, 0.15) is 43.6 Å². The SMILES string of the molecule is CNCC1CCCCCC1c1cc(F)ccc1F. The molecule has 3 heteroatoms. The van der Waals surface area contributed by atoms with E-state index in [9.17, 15) is 8.78 Å². The number of nitrogens with one attached hydrogen (secondary N) is 1. The Labute approximate surface area is 108 Å². The summed E-state index contributed by atoms with van der Waals surface area (Å²) in [6, 6.07) is 3.84. The van der Waals surface area contributed by atoms with E-state index in [2.05, 4.69) is 5.32 Å². The second-order valence-corrected chi connectivity index (χ2v) is 5.23. The van der Waals surface area contributed by atoms with Crippen molar-refractivity contribution in [1.29, 1.82) is 0 Å². The van der Waals surface area contributed by atoms with Crippen molar-refractivity contribution in [2.45, 2.75) is 38.0 Å². The molecular formula is C15H21F2N. The van der Waals surface area contributed by atoms with E-state index in [1.807, 2.05) is 7.05 Å². The van der Waals surface area contributed by atoms with E-state index < -0.39 is 0 Å². The largest absolute Gasteiger partial charge is 0.319 e. The topological polar surface area (TPSA) is 12.0 Å². The Morgan fingerprint density at radius 2 is 1.94 bits per heavy atom. The maximum absolute atomic E-state index is 13.9. The molecular weight excluding hydrogens is 232 g/mol. The summed E-state index contributed by atoms with van der Waals surface area (Å²) >= 11 is 0. The number of hydrogen-bond acceptors (Lipinski definition) is 1. The first-order valence-corrected chi connectivity index (χ1v) is 6.82. The van der Waals surface area contributed by atoms with Gasteiger partial charge in [0.05, 0.1) is 0 Å². The zero-order valence-electron chi connectivity index (χ0n) is 10.9. The quantitative estimate of drug-likeness (QED) is 0.807. The van der Waals surface area contributed by atoms with Crippen LogP contribution in [0, 0.1) is 17.6 Å². The van der Waals surface area contributed by atoms with Crippen LogP contribution in [-0.2, 0) is 0 Å². The second kappa shape index (κ2) is 6.28. The minimum Gasteiger partial charge on any atom is -0.319 e. The van der Waals surface area contributed by atoms with Crippen LogP contribution in [0.3, 0.4) is 0 Å². The molecule has 0 saturated heterocycles. The minimum atomic E-state index is -0.334. The lowest BCUT2D eigenvalue weighted by Gasteiger charge is -2.25. The van der Waals surface area contributed by atoms with Gasteiger partial charge in [0, 0.05) is 0 Å². The molecule has 1 aromatic carbocycles. The molecule has 1 aliphatic rings. The van der Waals surface area contributed by atoms with E-state index in [1.54, 1.807) is 0 Å². The van der Waals surface area contributed by atoms with Crippen LogP contribution in [0.2, 0.25) is 0 Å². The van der Waals surface area contributed by atoms with Crippen LogP contribution < -0.4 is 5.32 Å². The summed E-state index contributed by atoms with van der Waals surface area (Å²) in [6.45, 7) is 0.876. The molecule has 1 fully saturated rings. The third-order valence-corrected chi connectivity index (χ3v) is 3.98. The van der Waals surface area contributed by atoms with Crippen molar-refractivity contribution >= 4 is 0 Å². The Morgan fingerprint density at radius 3 is 2.72 bits per heavy atom. The highest BCUT2D eigenvalue weighted by atomic mass is 19.1. The van der Waals surface area contributed by atoms with Gasteiger partial charge in [0.25, 0.3) is 0 Å². The number of halogens is 2. The highest BCUT2D eigenvalue weighted by Crippen LogP contribution is 2.37. The molecule has 0 heterocycles. The number of hydrogen-bond donors (Lipinski definition) is 1. The van der Waals surface area contributed by atoms with Gasteiger partial charge < -0.3 is 5.32 Å². The van der Waals surface area contributed by atoms with Gasteiger partial charge in [-0.25, -0.2) is 8.78 Å². The van der Waals surface area contributed by atoms with E-state index in [0.717, 1.165) is 25.8 Å². The summed E-state index contributed by atoms with van der Waals surface area (Å²) in [5.74, 6) is -0.0345. The molecule has 1 nitrogen and oxygen atoms in total. The van der Waals surface area contributed by atoms with Gasteiger partial charge in [0.2, 0.25) is 0 Å². The van der Waals surface area contributed by atoms with Crippen LogP contribution in [0.5, 0.6) is 0 Å². The van der Waals surface area contributed by atoms with Gasteiger partial charge in [0.1, 0.15) is 11.6 Å². The van der Waals surface area contributed by atoms with Gasteiger partial charge in [-0.15, -0.1) is 0 Å². The lowest BCUT2D eigenvalue weighted by molar-refractivity contribution is 0.375. The molecule has 18 heavy (non-hydrogen) atoms. The van der Waals surface area contributed by atoms with E-state index in [-0.39, 0.29) is 17.6 Å². The molecule has 1 N–H and O–H groups in total. The van der Waals surface area contributed by atoms with Crippen molar-refractivity contribution in [3.63, 3.8) is 0 Å². The lowest BCUT2D eigenvalue weighted by atomic mass is 9.82. The molecule has 0 spiro atoms. The predicted molar refractivity (Wildman–Crippen MR) is 69.6 cm³/mol. The van der Waals surface area contributed by atoms with Gasteiger partial charge in [-0.1, -0.05) is 19.3 Å². The Morgan fingerprint density at radius 1 is 1.17 bits per heavy atom.